The molecule has 7 heteroatoms. The van der Waals surface area contributed by atoms with Crippen LogP contribution in [-0.2, 0) is 16.1 Å². The van der Waals surface area contributed by atoms with Gasteiger partial charge in [0.15, 0.2) is 6.61 Å². The molecule has 0 atom stereocenters. The number of hydrogen-bond donors (Lipinski definition) is 0. The normalized spacial score (nSPS) is 13.3. The number of methoxy groups -OCH3 is 2. The maximum atomic E-state index is 12.4. The fourth-order valence-electron chi connectivity index (χ4n) is 3.16. The highest BCUT2D eigenvalue weighted by molar-refractivity contribution is 6.01. The molecular weight excluding hydrogens is 374 g/mol. The molecule has 29 heavy (non-hydrogen) atoms. The Morgan fingerprint density at radius 2 is 1.79 bits per heavy atom. The van der Waals surface area contributed by atoms with Crippen molar-refractivity contribution in [2.24, 2.45) is 0 Å². The molecule has 1 aliphatic rings. The standard InChI is InChI=1S/C22H23NO6/c1-27-17-9-10-18(20(12-17)28-2)19(24)14-29-22(26)16-7-5-15(6-8-16)13-23-11-3-4-21(23)25/h5-10,12H,3-4,11,13-14H2,1-2H3. The smallest absolute Gasteiger partial charge is 0.338 e. The Labute approximate surface area is 169 Å². The molecule has 0 unspecified atom stereocenters. The summed E-state index contributed by atoms with van der Waals surface area (Å²) in [6, 6.07) is 11.7. The molecule has 7 nitrogen and oxygen atoms in total. The summed E-state index contributed by atoms with van der Waals surface area (Å²) in [5.41, 5.74) is 1.60. The molecule has 1 saturated heterocycles. The minimum Gasteiger partial charge on any atom is -0.497 e. The summed E-state index contributed by atoms with van der Waals surface area (Å²) >= 11 is 0. The lowest BCUT2D eigenvalue weighted by Crippen LogP contribution is -2.23. The first kappa shape index (κ1) is 20.4. The lowest BCUT2D eigenvalue weighted by atomic mass is 10.1. The fourth-order valence-corrected chi connectivity index (χ4v) is 3.16. The molecule has 0 aliphatic carbocycles. The highest BCUT2D eigenvalue weighted by atomic mass is 16.5. The van der Waals surface area contributed by atoms with E-state index in [0.717, 1.165) is 18.5 Å². The fraction of sp³-hybridized carbons (Fsp3) is 0.318. The second-order valence-corrected chi connectivity index (χ2v) is 6.68. The Balaban J connectivity index is 1.57. The van der Waals surface area contributed by atoms with E-state index in [2.05, 4.69) is 0 Å². The SMILES string of the molecule is COc1ccc(C(=O)COC(=O)c2ccc(CN3CCCC3=O)cc2)c(OC)c1. The van der Waals surface area contributed by atoms with Crippen LogP contribution in [0.3, 0.4) is 0 Å². The predicted molar refractivity (Wildman–Crippen MR) is 105 cm³/mol. The number of likely N-dealkylation sites (tertiary alicyclic amines) is 1. The Bertz CT molecular complexity index is 906. The van der Waals surface area contributed by atoms with Crippen LogP contribution in [0.1, 0.15) is 39.1 Å². The Morgan fingerprint density at radius 3 is 2.41 bits per heavy atom. The van der Waals surface area contributed by atoms with E-state index in [0.29, 0.717) is 35.6 Å². The number of carbonyl (C=O) groups excluding carboxylic acids is 3. The van der Waals surface area contributed by atoms with Gasteiger partial charge in [0.25, 0.3) is 0 Å². The number of amides is 1. The van der Waals surface area contributed by atoms with Gasteiger partial charge in [-0.25, -0.2) is 4.79 Å². The predicted octanol–water partition coefficient (Wildman–Crippen LogP) is 2.87. The van der Waals surface area contributed by atoms with Crippen molar-refractivity contribution in [3.63, 3.8) is 0 Å². The molecule has 1 fully saturated rings. The Morgan fingerprint density at radius 1 is 1.03 bits per heavy atom. The lowest BCUT2D eigenvalue weighted by Gasteiger charge is -2.15. The number of nitrogens with zero attached hydrogens (tertiary/aromatic N) is 1. The average molecular weight is 397 g/mol. The van der Waals surface area contributed by atoms with E-state index in [9.17, 15) is 14.4 Å². The summed E-state index contributed by atoms with van der Waals surface area (Å²) in [7, 11) is 2.97. The van der Waals surface area contributed by atoms with E-state index in [-0.39, 0.29) is 11.7 Å². The van der Waals surface area contributed by atoms with E-state index in [4.69, 9.17) is 14.2 Å². The monoisotopic (exact) mass is 397 g/mol. The number of benzene rings is 2. The van der Waals surface area contributed by atoms with Gasteiger partial charge in [0.1, 0.15) is 11.5 Å². The number of Topliss-reactive ketones (excluding diaryl/α,β-unsaturated/α-hetero) is 1. The molecule has 0 saturated carbocycles. The van der Waals surface area contributed by atoms with E-state index < -0.39 is 12.6 Å². The molecule has 1 heterocycles. The molecule has 2 aromatic rings. The first-order valence-electron chi connectivity index (χ1n) is 9.31. The third-order valence-corrected chi connectivity index (χ3v) is 4.78. The van der Waals surface area contributed by atoms with E-state index in [1.165, 1.54) is 14.2 Å². The number of esters is 1. The number of hydrogen-bond acceptors (Lipinski definition) is 6. The molecule has 1 aliphatic heterocycles. The molecule has 2 aromatic carbocycles. The number of ether oxygens (including phenoxy) is 3. The zero-order valence-electron chi connectivity index (χ0n) is 16.5. The van der Waals surface area contributed by atoms with Gasteiger partial charge in [-0.1, -0.05) is 12.1 Å². The zero-order chi connectivity index (χ0) is 20.8. The number of carbonyl (C=O) groups is 3. The Hall–Kier alpha value is -3.35. The molecule has 152 valence electrons. The lowest BCUT2D eigenvalue weighted by molar-refractivity contribution is -0.128. The first-order valence-corrected chi connectivity index (χ1v) is 9.31. The topological polar surface area (TPSA) is 82.1 Å². The van der Waals surface area contributed by atoms with Crippen LogP contribution >= 0.6 is 0 Å². The van der Waals surface area contributed by atoms with Crippen molar-refractivity contribution in [3.05, 3.63) is 59.2 Å². The van der Waals surface area contributed by atoms with Gasteiger partial charge < -0.3 is 19.1 Å². The van der Waals surface area contributed by atoms with Crippen LogP contribution in [0.4, 0.5) is 0 Å². The highest BCUT2D eigenvalue weighted by Gasteiger charge is 2.20. The molecule has 3 rings (SSSR count). The highest BCUT2D eigenvalue weighted by Crippen LogP contribution is 2.25. The average Bonchev–Trinajstić information content (AvgIpc) is 3.16. The van der Waals surface area contributed by atoms with Crippen molar-refractivity contribution in [1.82, 2.24) is 4.90 Å². The summed E-state index contributed by atoms with van der Waals surface area (Å²) in [4.78, 5) is 38.2. The number of ketones is 1. The van der Waals surface area contributed by atoms with E-state index in [1.807, 2.05) is 0 Å². The van der Waals surface area contributed by atoms with Gasteiger partial charge in [-0.05, 0) is 36.2 Å². The second-order valence-electron chi connectivity index (χ2n) is 6.68. The van der Waals surface area contributed by atoms with Crippen LogP contribution in [0, 0.1) is 0 Å². The van der Waals surface area contributed by atoms with Crippen molar-refractivity contribution in [1.29, 1.82) is 0 Å². The minimum atomic E-state index is -0.588. The van der Waals surface area contributed by atoms with Gasteiger partial charge in [0.2, 0.25) is 11.7 Å². The van der Waals surface area contributed by atoms with Crippen molar-refractivity contribution in [2.45, 2.75) is 19.4 Å². The van der Waals surface area contributed by atoms with Gasteiger partial charge in [-0.2, -0.15) is 0 Å². The summed E-state index contributed by atoms with van der Waals surface area (Å²) < 4.78 is 15.5. The van der Waals surface area contributed by atoms with Crippen LogP contribution < -0.4 is 9.47 Å². The van der Waals surface area contributed by atoms with Crippen LogP contribution in [0.2, 0.25) is 0 Å². The van der Waals surface area contributed by atoms with Crippen molar-refractivity contribution in [2.75, 3.05) is 27.4 Å². The maximum Gasteiger partial charge on any atom is 0.338 e. The van der Waals surface area contributed by atoms with Crippen LogP contribution in [0.25, 0.3) is 0 Å². The minimum absolute atomic E-state index is 0.154. The van der Waals surface area contributed by atoms with Gasteiger partial charge in [0, 0.05) is 25.6 Å². The Kier molecular flexibility index (Phi) is 6.49. The second kappa shape index (κ2) is 9.23. The molecule has 0 radical (unpaired) electrons. The summed E-state index contributed by atoms with van der Waals surface area (Å²) in [5.74, 6) is 0.106. The van der Waals surface area contributed by atoms with Gasteiger partial charge >= 0.3 is 5.97 Å². The third kappa shape index (κ3) is 4.93. The van der Waals surface area contributed by atoms with Crippen molar-refractivity contribution < 1.29 is 28.6 Å². The molecule has 0 bridgehead atoms. The van der Waals surface area contributed by atoms with Crippen molar-refractivity contribution in [3.8, 4) is 11.5 Å². The molecule has 0 N–H and O–H groups in total. The molecule has 0 aromatic heterocycles. The molecule has 0 spiro atoms. The quantitative estimate of drug-likeness (QED) is 0.503. The summed E-state index contributed by atoms with van der Waals surface area (Å²) in [5, 5.41) is 0. The van der Waals surface area contributed by atoms with Crippen LogP contribution in [0.5, 0.6) is 11.5 Å². The molecular formula is C22H23NO6. The summed E-state index contributed by atoms with van der Waals surface area (Å²) in [6.07, 6.45) is 1.48. The van der Waals surface area contributed by atoms with Crippen molar-refractivity contribution >= 4 is 17.7 Å². The number of rotatable bonds is 8. The molecule has 1 amide bonds. The van der Waals surface area contributed by atoms with Gasteiger partial charge in [0.05, 0.1) is 25.3 Å². The maximum absolute atomic E-state index is 12.4. The summed E-state index contributed by atoms with van der Waals surface area (Å²) in [6.45, 7) is 0.898. The van der Waals surface area contributed by atoms with E-state index >= 15 is 0 Å². The largest absolute Gasteiger partial charge is 0.497 e. The van der Waals surface area contributed by atoms with E-state index in [1.54, 1.807) is 47.4 Å². The first-order chi connectivity index (χ1) is 14.0. The third-order valence-electron chi connectivity index (χ3n) is 4.78. The zero-order valence-corrected chi connectivity index (χ0v) is 16.5. The van der Waals surface area contributed by atoms with Crippen LogP contribution in [-0.4, -0.2) is 49.9 Å². The van der Waals surface area contributed by atoms with Crippen LogP contribution in [0.15, 0.2) is 42.5 Å². The van der Waals surface area contributed by atoms with Gasteiger partial charge in [-0.3, -0.25) is 9.59 Å². The van der Waals surface area contributed by atoms with Gasteiger partial charge in [-0.15, -0.1) is 0 Å².